The Bertz CT molecular complexity index is 1190. The van der Waals surface area contributed by atoms with Crippen LogP contribution in [0.1, 0.15) is 30.5 Å². The number of hydrogen-bond donors (Lipinski definition) is 1. The summed E-state index contributed by atoms with van der Waals surface area (Å²) in [5.41, 5.74) is 2.16. The molecule has 0 unspecified atom stereocenters. The van der Waals surface area contributed by atoms with Crippen LogP contribution in [0.15, 0.2) is 72.8 Å². The van der Waals surface area contributed by atoms with Crippen molar-refractivity contribution in [2.75, 3.05) is 19.4 Å². The van der Waals surface area contributed by atoms with Gasteiger partial charge in [0.2, 0.25) is 11.8 Å². The lowest BCUT2D eigenvalue weighted by atomic mass is 10.0. The lowest BCUT2D eigenvalue weighted by Gasteiger charge is -2.32. The number of nitrogens with zero attached hydrogens (tertiary/aromatic N) is 1. The molecule has 0 aliphatic heterocycles. The number of thioether (sulfide) groups is 1. The fourth-order valence-corrected chi connectivity index (χ4v) is 5.19. The van der Waals surface area contributed by atoms with E-state index in [0.29, 0.717) is 29.3 Å². The molecule has 0 aliphatic carbocycles. The predicted molar refractivity (Wildman–Crippen MR) is 153 cm³/mol. The van der Waals surface area contributed by atoms with E-state index in [9.17, 15) is 14.0 Å². The highest BCUT2D eigenvalue weighted by molar-refractivity contribution is 7.99. The van der Waals surface area contributed by atoms with E-state index < -0.39 is 11.9 Å². The molecular formula is C30H34ClFN2O3S. The number of halogens is 2. The van der Waals surface area contributed by atoms with Crippen molar-refractivity contribution in [2.45, 2.75) is 38.6 Å². The molecule has 0 saturated heterocycles. The summed E-state index contributed by atoms with van der Waals surface area (Å²) in [6, 6.07) is 20.9. The maximum atomic E-state index is 14.3. The van der Waals surface area contributed by atoms with Crippen LogP contribution in [0.25, 0.3) is 0 Å². The Balaban J connectivity index is 1.88. The second-order valence-corrected chi connectivity index (χ2v) is 10.8. The van der Waals surface area contributed by atoms with E-state index in [1.54, 1.807) is 24.1 Å². The molecule has 3 rings (SSSR count). The maximum absolute atomic E-state index is 14.3. The fourth-order valence-electron chi connectivity index (χ4n) is 3.94. The van der Waals surface area contributed by atoms with Gasteiger partial charge in [0.15, 0.2) is 0 Å². The number of rotatable bonds is 13. The molecular weight excluding hydrogens is 523 g/mol. The van der Waals surface area contributed by atoms with Gasteiger partial charge < -0.3 is 15.0 Å². The first-order chi connectivity index (χ1) is 18.3. The van der Waals surface area contributed by atoms with Crippen molar-refractivity contribution in [2.24, 2.45) is 5.92 Å². The quantitative estimate of drug-likeness (QED) is 0.275. The molecule has 8 heteroatoms. The zero-order valence-electron chi connectivity index (χ0n) is 22.0. The van der Waals surface area contributed by atoms with E-state index in [4.69, 9.17) is 16.3 Å². The monoisotopic (exact) mass is 556 g/mol. The molecule has 202 valence electrons. The Morgan fingerprint density at radius 1 is 1.03 bits per heavy atom. The minimum Gasteiger partial charge on any atom is -0.497 e. The minimum absolute atomic E-state index is 0.0668. The molecule has 2 amide bonds. The SMILES string of the molecule is COc1cccc(CN(C(=O)CSCc2c(F)cccc2Cl)[C@@H](Cc2ccccc2)C(=O)NCC(C)C)c1. The molecule has 38 heavy (non-hydrogen) atoms. The highest BCUT2D eigenvalue weighted by Crippen LogP contribution is 2.25. The minimum atomic E-state index is -0.729. The van der Waals surface area contributed by atoms with E-state index in [-0.39, 0.29) is 35.8 Å². The van der Waals surface area contributed by atoms with Gasteiger partial charge in [-0.05, 0) is 41.3 Å². The highest BCUT2D eigenvalue weighted by atomic mass is 35.5. The molecule has 3 aromatic rings. The second-order valence-electron chi connectivity index (χ2n) is 9.41. The number of methoxy groups -OCH3 is 1. The molecule has 0 heterocycles. The first-order valence-corrected chi connectivity index (χ1v) is 14.1. The van der Waals surface area contributed by atoms with Crippen molar-refractivity contribution in [3.8, 4) is 5.75 Å². The number of nitrogens with one attached hydrogen (secondary N) is 1. The lowest BCUT2D eigenvalue weighted by molar-refractivity contribution is -0.139. The van der Waals surface area contributed by atoms with Crippen LogP contribution in [0, 0.1) is 11.7 Å². The summed E-state index contributed by atoms with van der Waals surface area (Å²) in [4.78, 5) is 28.8. The van der Waals surface area contributed by atoms with Gasteiger partial charge >= 0.3 is 0 Å². The number of benzene rings is 3. The van der Waals surface area contributed by atoms with Crippen LogP contribution >= 0.6 is 23.4 Å². The number of hydrogen-bond acceptors (Lipinski definition) is 4. The molecule has 5 nitrogen and oxygen atoms in total. The fraction of sp³-hybridized carbons (Fsp3) is 0.333. The highest BCUT2D eigenvalue weighted by Gasteiger charge is 2.30. The van der Waals surface area contributed by atoms with Gasteiger partial charge in [-0.25, -0.2) is 4.39 Å². The first-order valence-electron chi connectivity index (χ1n) is 12.5. The first kappa shape index (κ1) is 29.5. The zero-order chi connectivity index (χ0) is 27.5. The topological polar surface area (TPSA) is 58.6 Å². The number of ether oxygens (including phenoxy) is 1. The van der Waals surface area contributed by atoms with Crippen LogP contribution in [0.5, 0.6) is 5.75 Å². The van der Waals surface area contributed by atoms with Gasteiger partial charge in [0.1, 0.15) is 17.6 Å². The van der Waals surface area contributed by atoms with Gasteiger partial charge in [0.05, 0.1) is 12.9 Å². The Morgan fingerprint density at radius 3 is 2.42 bits per heavy atom. The summed E-state index contributed by atoms with van der Waals surface area (Å²) < 4.78 is 19.6. The molecule has 0 spiro atoms. The molecule has 0 bridgehead atoms. The summed E-state index contributed by atoms with van der Waals surface area (Å²) in [6.45, 7) is 4.78. The van der Waals surface area contributed by atoms with E-state index in [1.165, 1.54) is 17.8 Å². The van der Waals surface area contributed by atoms with Crippen LogP contribution < -0.4 is 10.1 Å². The van der Waals surface area contributed by atoms with Crippen molar-refractivity contribution >= 4 is 35.2 Å². The van der Waals surface area contributed by atoms with E-state index in [2.05, 4.69) is 5.32 Å². The average Bonchev–Trinajstić information content (AvgIpc) is 2.91. The normalized spacial score (nSPS) is 11.7. The third-order valence-corrected chi connectivity index (χ3v) is 7.27. The van der Waals surface area contributed by atoms with Gasteiger partial charge in [0, 0.05) is 35.8 Å². The Morgan fingerprint density at radius 2 is 1.74 bits per heavy atom. The molecule has 3 aromatic carbocycles. The van der Waals surface area contributed by atoms with Gasteiger partial charge in [0.25, 0.3) is 0 Å². The van der Waals surface area contributed by atoms with Crippen molar-refractivity contribution in [3.63, 3.8) is 0 Å². The molecule has 0 saturated carbocycles. The second kappa shape index (κ2) is 14.8. The summed E-state index contributed by atoms with van der Waals surface area (Å²) in [5.74, 6) is 0.416. The van der Waals surface area contributed by atoms with E-state index >= 15 is 0 Å². The van der Waals surface area contributed by atoms with Crippen LogP contribution in [0.2, 0.25) is 5.02 Å². The van der Waals surface area contributed by atoms with Crippen LogP contribution in [0.4, 0.5) is 4.39 Å². The standard InChI is InChI=1S/C30H34ClFN2O3S/c1-21(2)17-33-30(36)28(16-22-9-5-4-6-10-22)34(18-23-11-7-12-24(15-23)37-3)29(35)20-38-19-25-26(31)13-8-14-27(25)32/h4-15,21,28H,16-20H2,1-3H3,(H,33,36)/t28-/m0/s1. The van der Waals surface area contributed by atoms with Crippen molar-refractivity contribution < 1.29 is 18.7 Å². The van der Waals surface area contributed by atoms with Gasteiger partial charge in [-0.2, -0.15) is 0 Å². The Hall–Kier alpha value is -3.03. The predicted octanol–water partition coefficient (Wildman–Crippen LogP) is 6.13. The third-order valence-electron chi connectivity index (χ3n) is 5.98. The van der Waals surface area contributed by atoms with Crippen molar-refractivity contribution in [1.29, 1.82) is 0 Å². The molecule has 1 N–H and O–H groups in total. The molecule has 1 atom stereocenters. The summed E-state index contributed by atoms with van der Waals surface area (Å²) in [5, 5.41) is 3.34. The molecule has 0 aliphatic rings. The Labute approximate surface area is 233 Å². The van der Waals surface area contributed by atoms with Gasteiger partial charge in [-0.15, -0.1) is 11.8 Å². The average molecular weight is 557 g/mol. The molecule has 0 aromatic heterocycles. The summed E-state index contributed by atoms with van der Waals surface area (Å²) in [6.07, 6.45) is 0.365. The lowest BCUT2D eigenvalue weighted by Crippen LogP contribution is -2.51. The largest absolute Gasteiger partial charge is 0.497 e. The van der Waals surface area contributed by atoms with Gasteiger partial charge in [-0.3, -0.25) is 9.59 Å². The third kappa shape index (κ3) is 8.77. The van der Waals surface area contributed by atoms with E-state index in [0.717, 1.165) is 11.1 Å². The van der Waals surface area contributed by atoms with Crippen molar-refractivity contribution in [3.05, 3.63) is 100 Å². The van der Waals surface area contributed by atoms with Gasteiger partial charge in [-0.1, -0.05) is 74.0 Å². The van der Waals surface area contributed by atoms with Crippen molar-refractivity contribution in [1.82, 2.24) is 10.2 Å². The zero-order valence-corrected chi connectivity index (χ0v) is 23.5. The smallest absolute Gasteiger partial charge is 0.243 e. The summed E-state index contributed by atoms with van der Waals surface area (Å²) >= 11 is 7.44. The maximum Gasteiger partial charge on any atom is 0.243 e. The summed E-state index contributed by atoms with van der Waals surface area (Å²) in [7, 11) is 1.59. The number of amides is 2. The number of carbonyl (C=O) groups excluding carboxylic acids is 2. The van der Waals surface area contributed by atoms with Crippen LogP contribution in [-0.2, 0) is 28.3 Å². The van der Waals surface area contributed by atoms with Crippen LogP contribution in [0.3, 0.4) is 0 Å². The molecule has 0 fully saturated rings. The number of carbonyl (C=O) groups is 2. The van der Waals surface area contributed by atoms with E-state index in [1.807, 2.05) is 68.4 Å². The van der Waals surface area contributed by atoms with Crippen LogP contribution in [-0.4, -0.2) is 42.2 Å². The molecule has 0 radical (unpaired) electrons. The Kier molecular flexibility index (Phi) is 11.5.